The van der Waals surface area contributed by atoms with Crippen LogP contribution in [0.25, 0.3) is 0 Å². The van der Waals surface area contributed by atoms with Crippen molar-refractivity contribution in [1.82, 2.24) is 15.1 Å². The van der Waals surface area contributed by atoms with Gasteiger partial charge in [0.1, 0.15) is 11.5 Å². The second-order valence-corrected chi connectivity index (χ2v) is 11.6. The number of piperidine rings is 1. The molecule has 1 heterocycles. The predicted molar refractivity (Wildman–Crippen MR) is 145 cm³/mol. The molecule has 36 heavy (non-hydrogen) atoms. The number of likely N-dealkylation sites (tertiary alicyclic amines) is 1. The lowest BCUT2D eigenvalue weighted by molar-refractivity contribution is 0.115. The molecule has 0 bridgehead atoms. The minimum Gasteiger partial charge on any atom is -0.457 e. The van der Waals surface area contributed by atoms with Gasteiger partial charge in [0, 0.05) is 44.0 Å². The average molecular weight is 517 g/mol. The molecule has 0 spiro atoms. The topological polar surface area (TPSA) is 91.0 Å². The van der Waals surface area contributed by atoms with Gasteiger partial charge >= 0.3 is 6.03 Å². The van der Waals surface area contributed by atoms with Crippen LogP contribution in [-0.2, 0) is 16.6 Å². The molecule has 1 aliphatic rings. The first kappa shape index (κ1) is 27.8. The Morgan fingerprint density at radius 2 is 1.64 bits per heavy atom. The molecule has 2 aromatic rings. The Morgan fingerprint density at radius 3 is 2.17 bits per heavy atom. The molecule has 198 valence electrons. The summed E-state index contributed by atoms with van der Waals surface area (Å²) < 4.78 is 31.0. The minimum absolute atomic E-state index is 0.0637. The van der Waals surface area contributed by atoms with Crippen LogP contribution in [0.5, 0.6) is 11.5 Å². The van der Waals surface area contributed by atoms with Gasteiger partial charge in [-0.05, 0) is 75.1 Å². The van der Waals surface area contributed by atoms with Crippen LogP contribution in [-0.4, -0.2) is 62.2 Å². The summed E-state index contributed by atoms with van der Waals surface area (Å²) >= 11 is 0. The maximum atomic E-state index is 12.7. The average Bonchev–Trinajstić information content (AvgIpc) is 2.81. The van der Waals surface area contributed by atoms with Gasteiger partial charge in [0.2, 0.25) is 10.0 Å². The van der Waals surface area contributed by atoms with Gasteiger partial charge < -0.3 is 15.0 Å². The van der Waals surface area contributed by atoms with Gasteiger partial charge in [0.25, 0.3) is 0 Å². The van der Waals surface area contributed by atoms with Crippen LogP contribution in [0.15, 0.2) is 48.5 Å². The number of hydrogen-bond acceptors (Lipinski definition) is 5. The summed E-state index contributed by atoms with van der Waals surface area (Å²) in [4.78, 5) is 17.2. The number of rotatable bonds is 11. The maximum absolute atomic E-state index is 12.7. The van der Waals surface area contributed by atoms with Gasteiger partial charge in [0.05, 0.1) is 6.26 Å². The SMILES string of the molecule is CCCCN(C(=O)NC(C)C)C1CCN(Cc2ccc(Oc3ccc(NS(C)(=O)=O)cc3)cc2)CC1. The lowest BCUT2D eigenvalue weighted by atomic mass is 10.0. The van der Waals surface area contributed by atoms with Crippen LogP contribution in [0.4, 0.5) is 10.5 Å². The second kappa shape index (κ2) is 13.0. The molecular formula is C27H40N4O4S. The Morgan fingerprint density at radius 1 is 1.06 bits per heavy atom. The molecule has 2 N–H and O–H groups in total. The largest absolute Gasteiger partial charge is 0.457 e. The summed E-state index contributed by atoms with van der Waals surface area (Å²) in [6.45, 7) is 9.79. The summed E-state index contributed by atoms with van der Waals surface area (Å²) in [7, 11) is -3.30. The molecule has 0 saturated carbocycles. The van der Waals surface area contributed by atoms with Crippen LogP contribution in [0, 0.1) is 0 Å². The fourth-order valence-electron chi connectivity index (χ4n) is 4.36. The molecule has 0 aromatic heterocycles. The van der Waals surface area contributed by atoms with Crippen LogP contribution in [0.2, 0.25) is 0 Å². The van der Waals surface area contributed by atoms with Gasteiger partial charge in [-0.3, -0.25) is 9.62 Å². The Bertz CT molecular complexity index is 1060. The summed E-state index contributed by atoms with van der Waals surface area (Å²) in [6.07, 6.45) is 5.20. The van der Waals surface area contributed by atoms with Crippen LogP contribution in [0.3, 0.4) is 0 Å². The van der Waals surface area contributed by atoms with Crippen LogP contribution in [0.1, 0.15) is 52.0 Å². The van der Waals surface area contributed by atoms with Gasteiger partial charge in [-0.25, -0.2) is 13.2 Å². The van der Waals surface area contributed by atoms with E-state index in [1.54, 1.807) is 24.3 Å². The standard InChI is InChI=1S/C27H40N4O4S/c1-5-6-17-31(27(32)28-21(2)3)24-15-18-30(19-16-24)20-22-7-11-25(12-8-22)35-26-13-9-23(10-14-26)29-36(4,33)34/h7-14,21,24,29H,5-6,15-20H2,1-4H3,(H,28,32). The number of nitrogens with zero attached hydrogens (tertiary/aromatic N) is 2. The number of ether oxygens (including phenoxy) is 1. The van der Waals surface area contributed by atoms with Crippen molar-refractivity contribution >= 4 is 21.7 Å². The molecule has 9 heteroatoms. The van der Waals surface area contributed by atoms with E-state index in [1.165, 1.54) is 5.56 Å². The molecule has 2 aromatic carbocycles. The van der Waals surface area contributed by atoms with Crippen molar-refractivity contribution in [3.05, 3.63) is 54.1 Å². The molecule has 3 rings (SSSR count). The Kier molecular flexibility index (Phi) is 10.0. The molecule has 0 unspecified atom stereocenters. The van der Waals surface area contributed by atoms with Crippen molar-refractivity contribution in [3.8, 4) is 11.5 Å². The number of carbonyl (C=O) groups excluding carboxylic acids is 1. The number of nitrogens with one attached hydrogen (secondary N) is 2. The van der Waals surface area contributed by atoms with Gasteiger partial charge in [-0.15, -0.1) is 0 Å². The fourth-order valence-corrected chi connectivity index (χ4v) is 4.92. The van der Waals surface area contributed by atoms with Crippen molar-refractivity contribution in [2.24, 2.45) is 0 Å². The van der Waals surface area contributed by atoms with E-state index in [1.807, 2.05) is 26.0 Å². The number of carbonyl (C=O) groups is 1. The second-order valence-electron chi connectivity index (χ2n) is 9.80. The van der Waals surface area contributed by atoms with Crippen molar-refractivity contribution in [2.75, 3.05) is 30.6 Å². The summed E-state index contributed by atoms with van der Waals surface area (Å²) in [5.74, 6) is 1.36. The third-order valence-electron chi connectivity index (χ3n) is 6.15. The Balaban J connectivity index is 1.49. The molecule has 1 aliphatic heterocycles. The first-order chi connectivity index (χ1) is 17.1. The zero-order chi connectivity index (χ0) is 26.1. The highest BCUT2D eigenvalue weighted by molar-refractivity contribution is 7.92. The molecular weight excluding hydrogens is 476 g/mol. The smallest absolute Gasteiger partial charge is 0.317 e. The molecule has 1 saturated heterocycles. The van der Waals surface area contributed by atoms with E-state index < -0.39 is 10.0 Å². The summed E-state index contributed by atoms with van der Waals surface area (Å²) in [5, 5.41) is 3.07. The Labute approximate surface area is 216 Å². The molecule has 0 radical (unpaired) electrons. The number of anilines is 1. The van der Waals surface area contributed by atoms with E-state index in [0.717, 1.165) is 63.9 Å². The third-order valence-corrected chi connectivity index (χ3v) is 6.75. The number of urea groups is 1. The lowest BCUT2D eigenvalue weighted by Crippen LogP contribution is -2.52. The first-order valence-corrected chi connectivity index (χ1v) is 14.7. The van der Waals surface area contributed by atoms with Crippen LogP contribution < -0.4 is 14.8 Å². The fraction of sp³-hybridized carbons (Fsp3) is 0.519. The number of amides is 2. The molecule has 1 fully saturated rings. The van der Waals surface area contributed by atoms with E-state index in [9.17, 15) is 13.2 Å². The summed E-state index contributed by atoms with van der Waals surface area (Å²) in [5.41, 5.74) is 1.71. The number of sulfonamides is 1. The first-order valence-electron chi connectivity index (χ1n) is 12.8. The van der Waals surface area contributed by atoms with E-state index in [4.69, 9.17) is 4.74 Å². The zero-order valence-corrected chi connectivity index (χ0v) is 22.7. The number of unbranched alkanes of at least 4 members (excludes halogenated alkanes) is 1. The van der Waals surface area contributed by atoms with Crippen molar-refractivity contribution < 1.29 is 17.9 Å². The van der Waals surface area contributed by atoms with E-state index >= 15 is 0 Å². The quantitative estimate of drug-likeness (QED) is 0.437. The van der Waals surface area contributed by atoms with Gasteiger partial charge in [-0.2, -0.15) is 0 Å². The normalized spacial score (nSPS) is 15.0. The molecule has 0 atom stereocenters. The van der Waals surface area contributed by atoms with Gasteiger partial charge in [-0.1, -0.05) is 25.5 Å². The van der Waals surface area contributed by atoms with Gasteiger partial charge in [0.15, 0.2) is 0 Å². The van der Waals surface area contributed by atoms with E-state index in [2.05, 4.69) is 38.9 Å². The monoisotopic (exact) mass is 516 g/mol. The van der Waals surface area contributed by atoms with Crippen LogP contribution >= 0.6 is 0 Å². The zero-order valence-electron chi connectivity index (χ0n) is 21.9. The maximum Gasteiger partial charge on any atom is 0.317 e. The molecule has 8 nitrogen and oxygen atoms in total. The molecule has 0 aliphatic carbocycles. The highest BCUT2D eigenvalue weighted by atomic mass is 32.2. The Hall–Kier alpha value is -2.78. The highest BCUT2D eigenvalue weighted by Gasteiger charge is 2.27. The summed E-state index contributed by atoms with van der Waals surface area (Å²) in [6, 6.07) is 15.4. The third kappa shape index (κ3) is 9.02. The van der Waals surface area contributed by atoms with E-state index in [-0.39, 0.29) is 12.1 Å². The molecule has 2 amide bonds. The minimum atomic E-state index is -3.30. The van der Waals surface area contributed by atoms with Crippen molar-refractivity contribution in [1.29, 1.82) is 0 Å². The van der Waals surface area contributed by atoms with E-state index in [0.29, 0.717) is 17.5 Å². The van der Waals surface area contributed by atoms with Crippen molar-refractivity contribution in [2.45, 2.75) is 65.1 Å². The number of hydrogen-bond donors (Lipinski definition) is 2. The number of benzene rings is 2. The highest BCUT2D eigenvalue weighted by Crippen LogP contribution is 2.25. The predicted octanol–water partition coefficient (Wildman–Crippen LogP) is 5.03. The lowest BCUT2D eigenvalue weighted by Gasteiger charge is -2.39. The van der Waals surface area contributed by atoms with Crippen molar-refractivity contribution in [3.63, 3.8) is 0 Å².